The highest BCUT2D eigenvalue weighted by Crippen LogP contribution is 2.24. The van der Waals surface area contributed by atoms with Gasteiger partial charge in [-0.15, -0.1) is 5.10 Å². The van der Waals surface area contributed by atoms with Crippen molar-refractivity contribution in [3.63, 3.8) is 0 Å². The van der Waals surface area contributed by atoms with Gasteiger partial charge in [0.1, 0.15) is 30.4 Å². The summed E-state index contributed by atoms with van der Waals surface area (Å²) in [5.74, 6) is 0.697. The van der Waals surface area contributed by atoms with Gasteiger partial charge in [0.15, 0.2) is 0 Å². The van der Waals surface area contributed by atoms with Crippen LogP contribution < -0.4 is 9.47 Å². The van der Waals surface area contributed by atoms with Gasteiger partial charge in [0.05, 0.1) is 12.7 Å². The molecule has 1 aliphatic heterocycles. The predicted molar refractivity (Wildman–Crippen MR) is 95.5 cm³/mol. The van der Waals surface area contributed by atoms with E-state index in [9.17, 15) is 10.1 Å². The first-order valence-electron chi connectivity index (χ1n) is 8.33. The molecule has 10 nitrogen and oxygen atoms in total. The summed E-state index contributed by atoms with van der Waals surface area (Å²) in [4.78, 5) is 13.4. The van der Waals surface area contributed by atoms with Crippen LogP contribution in [0.3, 0.4) is 0 Å². The Morgan fingerprint density at radius 2 is 2.07 bits per heavy atom. The van der Waals surface area contributed by atoms with Crippen LogP contribution in [0.15, 0.2) is 36.7 Å². The van der Waals surface area contributed by atoms with Crippen LogP contribution in [0.1, 0.15) is 18.2 Å². The van der Waals surface area contributed by atoms with Crippen molar-refractivity contribution < 1.29 is 14.4 Å². The molecule has 0 fully saturated rings. The number of rotatable bonds is 4. The number of fused-ring (bicyclic) bond motifs is 1. The van der Waals surface area contributed by atoms with Crippen LogP contribution in [0.2, 0.25) is 0 Å². The number of benzene rings is 1. The summed E-state index contributed by atoms with van der Waals surface area (Å²) in [6, 6.07) is 8.28. The second kappa shape index (κ2) is 7.85. The van der Waals surface area contributed by atoms with E-state index in [2.05, 4.69) is 15.3 Å². The van der Waals surface area contributed by atoms with Gasteiger partial charge >= 0.3 is 11.8 Å². The van der Waals surface area contributed by atoms with E-state index < -0.39 is 4.92 Å². The molecule has 2 aromatic heterocycles. The number of imidazole rings is 1. The Morgan fingerprint density at radius 3 is 2.67 bits per heavy atom. The van der Waals surface area contributed by atoms with E-state index in [-0.39, 0.29) is 11.9 Å². The molecule has 3 heterocycles. The standard InChI is InChI=1S/C11H13N3O.C6H7N3O3/c1-9-3-5-11(6-4-9)15-8-10-7-14(2)13-12-10;1-4-2-8-3-5(9(10)11)7-6(8)12-4/h3-7H,8H2,1-2H3;3-4H,2H2,1H3. The molecule has 1 atom stereocenters. The molecule has 1 aromatic carbocycles. The molecule has 10 heteroatoms. The third-order valence-corrected chi connectivity index (χ3v) is 3.73. The first-order valence-corrected chi connectivity index (χ1v) is 8.33. The SMILES string of the molecule is CC1Cn2cc([N+](=O)[O-])nc2O1.Cc1ccc(OCc2cn(C)nn2)cc1. The summed E-state index contributed by atoms with van der Waals surface area (Å²) in [6.07, 6.45) is 3.29. The van der Waals surface area contributed by atoms with Gasteiger partial charge < -0.3 is 19.6 Å². The Hall–Kier alpha value is -3.43. The van der Waals surface area contributed by atoms with Crippen LogP contribution >= 0.6 is 0 Å². The maximum Gasteiger partial charge on any atom is 0.414 e. The molecule has 0 amide bonds. The van der Waals surface area contributed by atoms with Crippen LogP contribution in [0.4, 0.5) is 5.82 Å². The number of aromatic nitrogens is 5. The minimum Gasteiger partial charge on any atom is -0.487 e. The fourth-order valence-corrected chi connectivity index (χ4v) is 2.45. The van der Waals surface area contributed by atoms with E-state index in [4.69, 9.17) is 9.47 Å². The number of aryl methyl sites for hydroxylation is 2. The Morgan fingerprint density at radius 1 is 1.33 bits per heavy atom. The van der Waals surface area contributed by atoms with Crippen LogP contribution in [0.25, 0.3) is 0 Å². The first kappa shape index (κ1) is 18.4. The first-order chi connectivity index (χ1) is 12.9. The van der Waals surface area contributed by atoms with E-state index >= 15 is 0 Å². The van der Waals surface area contributed by atoms with Crippen molar-refractivity contribution in [3.05, 3.63) is 58.0 Å². The maximum atomic E-state index is 10.3. The highest BCUT2D eigenvalue weighted by atomic mass is 16.6. The summed E-state index contributed by atoms with van der Waals surface area (Å²) in [5, 5.41) is 18.0. The normalized spacial score (nSPS) is 14.7. The smallest absolute Gasteiger partial charge is 0.414 e. The molecule has 1 aliphatic rings. The molecule has 0 radical (unpaired) electrons. The molecule has 4 rings (SSSR count). The molecule has 3 aromatic rings. The van der Waals surface area contributed by atoms with E-state index in [1.54, 1.807) is 9.25 Å². The van der Waals surface area contributed by atoms with Gasteiger partial charge in [-0.25, -0.2) is 0 Å². The molecule has 142 valence electrons. The molecule has 0 saturated heterocycles. The molecule has 1 unspecified atom stereocenters. The molecule has 0 bridgehead atoms. The van der Waals surface area contributed by atoms with Crippen LogP contribution in [-0.4, -0.2) is 35.6 Å². The quantitative estimate of drug-likeness (QED) is 0.510. The predicted octanol–water partition coefficient (Wildman–Crippen LogP) is 2.27. The second-order valence-corrected chi connectivity index (χ2v) is 6.20. The molecule has 0 N–H and O–H groups in total. The zero-order chi connectivity index (χ0) is 19.4. The number of ether oxygens (including phenoxy) is 2. The average molecular weight is 372 g/mol. The van der Waals surface area contributed by atoms with Gasteiger partial charge in [-0.3, -0.25) is 9.25 Å². The lowest BCUT2D eigenvalue weighted by Gasteiger charge is -2.03. The monoisotopic (exact) mass is 372 g/mol. The summed E-state index contributed by atoms with van der Waals surface area (Å²) < 4.78 is 14.0. The number of nitro groups is 1. The van der Waals surface area contributed by atoms with Crippen molar-refractivity contribution in [3.8, 4) is 11.8 Å². The molecule has 27 heavy (non-hydrogen) atoms. The third kappa shape index (κ3) is 4.81. The van der Waals surface area contributed by atoms with Gasteiger partial charge in [0.25, 0.3) is 0 Å². The topological polar surface area (TPSA) is 110 Å². The van der Waals surface area contributed by atoms with Crippen LogP contribution in [-0.2, 0) is 20.2 Å². The van der Waals surface area contributed by atoms with Crippen molar-refractivity contribution in [2.24, 2.45) is 7.05 Å². The molecule has 0 aliphatic carbocycles. The van der Waals surface area contributed by atoms with E-state index in [1.165, 1.54) is 11.8 Å². The lowest BCUT2D eigenvalue weighted by atomic mass is 10.2. The number of hydrogen-bond donors (Lipinski definition) is 0. The minimum absolute atomic E-state index is 0.0632. The Bertz CT molecular complexity index is 894. The minimum atomic E-state index is -0.528. The fraction of sp³-hybridized carbons (Fsp3) is 0.353. The third-order valence-electron chi connectivity index (χ3n) is 3.73. The van der Waals surface area contributed by atoms with Gasteiger partial charge in [-0.2, -0.15) is 0 Å². The van der Waals surface area contributed by atoms with Crippen LogP contribution in [0, 0.1) is 17.0 Å². The van der Waals surface area contributed by atoms with Crippen molar-refractivity contribution in [2.45, 2.75) is 33.1 Å². The molecular weight excluding hydrogens is 352 g/mol. The number of nitrogens with zero attached hydrogens (tertiary/aromatic N) is 6. The van der Waals surface area contributed by atoms with Gasteiger partial charge in [0.2, 0.25) is 0 Å². The van der Waals surface area contributed by atoms with Crippen LogP contribution in [0.5, 0.6) is 11.8 Å². The van der Waals surface area contributed by atoms with Crippen molar-refractivity contribution in [1.29, 1.82) is 0 Å². The molecule has 0 spiro atoms. The molecular formula is C17H20N6O4. The Kier molecular flexibility index (Phi) is 5.34. The highest BCUT2D eigenvalue weighted by molar-refractivity contribution is 5.26. The Labute approximate surface area is 155 Å². The van der Waals surface area contributed by atoms with E-state index in [0.717, 1.165) is 11.4 Å². The van der Waals surface area contributed by atoms with Gasteiger partial charge in [-0.05, 0) is 30.9 Å². The lowest BCUT2D eigenvalue weighted by molar-refractivity contribution is -0.389. The number of hydrogen-bond acceptors (Lipinski definition) is 7. The largest absolute Gasteiger partial charge is 0.487 e. The highest BCUT2D eigenvalue weighted by Gasteiger charge is 2.28. The van der Waals surface area contributed by atoms with Crippen molar-refractivity contribution in [2.75, 3.05) is 0 Å². The summed E-state index contributed by atoms with van der Waals surface area (Å²) in [6.45, 7) is 5.03. The van der Waals surface area contributed by atoms with Gasteiger partial charge in [0, 0.05) is 12.0 Å². The van der Waals surface area contributed by atoms with E-state index in [1.807, 2.05) is 51.4 Å². The fourth-order valence-electron chi connectivity index (χ4n) is 2.45. The lowest BCUT2D eigenvalue weighted by Crippen LogP contribution is -2.08. The van der Waals surface area contributed by atoms with Crippen molar-refractivity contribution >= 4 is 5.82 Å². The second-order valence-electron chi connectivity index (χ2n) is 6.20. The molecule has 0 saturated carbocycles. The summed E-state index contributed by atoms with van der Waals surface area (Å²) >= 11 is 0. The summed E-state index contributed by atoms with van der Waals surface area (Å²) in [7, 11) is 1.84. The van der Waals surface area contributed by atoms with E-state index in [0.29, 0.717) is 19.2 Å². The van der Waals surface area contributed by atoms with Gasteiger partial charge in [-0.1, -0.05) is 22.9 Å². The van der Waals surface area contributed by atoms with Crippen molar-refractivity contribution in [1.82, 2.24) is 24.5 Å². The Balaban J connectivity index is 0.000000159. The zero-order valence-corrected chi connectivity index (χ0v) is 15.3. The average Bonchev–Trinajstić information content (AvgIpc) is 3.29. The summed E-state index contributed by atoms with van der Waals surface area (Å²) in [5.41, 5.74) is 2.06. The maximum absolute atomic E-state index is 10.3. The zero-order valence-electron chi connectivity index (χ0n) is 15.3.